The highest BCUT2D eigenvalue weighted by Gasteiger charge is 2.22. The average Bonchev–Trinajstić information content (AvgIpc) is 3.07. The molecule has 0 radical (unpaired) electrons. The minimum Gasteiger partial charge on any atom is -0.332 e. The van der Waals surface area contributed by atoms with Gasteiger partial charge in [-0.3, -0.25) is 14.4 Å². The molecule has 1 aliphatic heterocycles. The molecule has 3 rings (SSSR count). The van der Waals surface area contributed by atoms with E-state index < -0.39 is 0 Å². The van der Waals surface area contributed by atoms with Crippen LogP contribution in [0.25, 0.3) is 0 Å². The van der Waals surface area contributed by atoms with E-state index in [2.05, 4.69) is 20.9 Å². The number of hydrogen-bond acceptors (Lipinski definition) is 5. The van der Waals surface area contributed by atoms with Gasteiger partial charge in [0.05, 0.1) is 23.8 Å². The number of carbonyl (C=O) groups is 2. The summed E-state index contributed by atoms with van der Waals surface area (Å²) in [6.07, 6.45) is 1.76. The molecule has 27 heavy (non-hydrogen) atoms. The van der Waals surface area contributed by atoms with Crippen LogP contribution in [0.15, 0.2) is 30.5 Å². The van der Waals surface area contributed by atoms with Crippen molar-refractivity contribution in [2.24, 2.45) is 7.05 Å². The summed E-state index contributed by atoms with van der Waals surface area (Å²) in [7, 11) is 1.78. The maximum absolute atomic E-state index is 12.2. The van der Waals surface area contributed by atoms with Crippen LogP contribution in [-0.2, 0) is 18.4 Å². The summed E-state index contributed by atoms with van der Waals surface area (Å²) in [5.41, 5.74) is 1.31. The highest BCUT2D eigenvalue weighted by molar-refractivity contribution is 6.33. The molecule has 1 aliphatic rings. The molecule has 0 atom stereocenters. The summed E-state index contributed by atoms with van der Waals surface area (Å²) in [5.74, 6) is -0.122. The zero-order valence-corrected chi connectivity index (χ0v) is 15.8. The van der Waals surface area contributed by atoms with Crippen molar-refractivity contribution in [3.05, 3.63) is 41.2 Å². The van der Waals surface area contributed by atoms with Crippen molar-refractivity contribution in [1.29, 1.82) is 0 Å². The van der Waals surface area contributed by atoms with Crippen molar-refractivity contribution in [2.75, 3.05) is 38.0 Å². The number of aromatic nitrogens is 3. The van der Waals surface area contributed by atoms with E-state index in [1.807, 2.05) is 17.0 Å². The van der Waals surface area contributed by atoms with Gasteiger partial charge in [0.15, 0.2) is 0 Å². The third-order valence-electron chi connectivity index (χ3n) is 4.25. The summed E-state index contributed by atoms with van der Waals surface area (Å²) in [4.78, 5) is 28.2. The van der Waals surface area contributed by atoms with Crippen molar-refractivity contribution in [3.63, 3.8) is 0 Å². The first-order valence-electron chi connectivity index (χ1n) is 8.66. The lowest BCUT2D eigenvalue weighted by atomic mass is 10.3. The van der Waals surface area contributed by atoms with E-state index in [-0.39, 0.29) is 18.5 Å². The number of hydrogen-bond donors (Lipinski definition) is 2. The topological polar surface area (TPSA) is 95.4 Å². The van der Waals surface area contributed by atoms with E-state index in [1.165, 1.54) is 0 Å². The molecule has 0 spiro atoms. The second-order valence-corrected chi connectivity index (χ2v) is 6.74. The molecule has 0 saturated carbocycles. The van der Waals surface area contributed by atoms with Crippen molar-refractivity contribution < 1.29 is 9.59 Å². The summed E-state index contributed by atoms with van der Waals surface area (Å²) in [6, 6.07) is 6.99. The third-order valence-corrected chi connectivity index (χ3v) is 4.58. The van der Waals surface area contributed by atoms with Gasteiger partial charge < -0.3 is 15.5 Å². The number of anilines is 1. The van der Waals surface area contributed by atoms with Crippen molar-refractivity contribution in [1.82, 2.24) is 30.1 Å². The Morgan fingerprint density at radius 3 is 2.59 bits per heavy atom. The normalized spacial score (nSPS) is 14.8. The quantitative estimate of drug-likeness (QED) is 0.790. The molecule has 2 heterocycles. The Kier molecular flexibility index (Phi) is 6.25. The number of nitrogens with zero attached hydrogens (tertiary/aromatic N) is 5. The zero-order valence-electron chi connectivity index (χ0n) is 15.1. The van der Waals surface area contributed by atoms with Gasteiger partial charge in [-0.25, -0.2) is 4.79 Å². The second-order valence-electron chi connectivity index (χ2n) is 6.33. The van der Waals surface area contributed by atoms with Crippen LogP contribution in [0.5, 0.6) is 0 Å². The van der Waals surface area contributed by atoms with E-state index >= 15 is 0 Å². The SMILES string of the molecule is Cn1cc(CNC(=O)N2CCN(CC(=O)Nc3ccccc3Cl)CC2)nn1. The molecule has 2 aromatic rings. The van der Waals surface area contributed by atoms with E-state index in [0.29, 0.717) is 49.1 Å². The van der Waals surface area contributed by atoms with Gasteiger partial charge in [-0.1, -0.05) is 28.9 Å². The van der Waals surface area contributed by atoms with Crippen molar-refractivity contribution in [3.8, 4) is 0 Å². The van der Waals surface area contributed by atoms with E-state index in [0.717, 1.165) is 0 Å². The summed E-state index contributed by atoms with van der Waals surface area (Å²) in [5, 5.41) is 13.9. The number of piperazine rings is 1. The molecule has 0 aliphatic carbocycles. The Balaban J connectivity index is 1.40. The molecule has 1 aromatic heterocycles. The van der Waals surface area contributed by atoms with Crippen LogP contribution >= 0.6 is 11.6 Å². The molecule has 2 N–H and O–H groups in total. The summed E-state index contributed by atoms with van der Waals surface area (Å²) in [6.45, 7) is 2.99. The number of rotatable bonds is 5. The van der Waals surface area contributed by atoms with Gasteiger partial charge in [-0.05, 0) is 12.1 Å². The van der Waals surface area contributed by atoms with Crippen molar-refractivity contribution in [2.45, 2.75) is 6.54 Å². The molecule has 10 heteroatoms. The van der Waals surface area contributed by atoms with Crippen LogP contribution in [0.2, 0.25) is 5.02 Å². The second kappa shape index (κ2) is 8.83. The van der Waals surface area contributed by atoms with Crippen LogP contribution in [-0.4, -0.2) is 69.5 Å². The molecule has 1 fully saturated rings. The largest absolute Gasteiger partial charge is 0.332 e. The zero-order chi connectivity index (χ0) is 19.2. The van der Waals surface area contributed by atoms with Crippen LogP contribution in [0, 0.1) is 0 Å². The first kappa shape index (κ1) is 19.1. The number of aryl methyl sites for hydroxylation is 1. The lowest BCUT2D eigenvalue weighted by molar-refractivity contribution is -0.117. The fourth-order valence-electron chi connectivity index (χ4n) is 2.82. The number of carbonyl (C=O) groups excluding carboxylic acids is 2. The van der Waals surface area contributed by atoms with Crippen molar-refractivity contribution >= 4 is 29.2 Å². The Morgan fingerprint density at radius 2 is 1.93 bits per heavy atom. The maximum Gasteiger partial charge on any atom is 0.317 e. The Labute approximate surface area is 162 Å². The summed E-state index contributed by atoms with van der Waals surface area (Å²) < 4.78 is 1.59. The fraction of sp³-hybridized carbons (Fsp3) is 0.412. The average molecular weight is 392 g/mol. The Hall–Kier alpha value is -2.65. The molecular weight excluding hydrogens is 370 g/mol. The molecular formula is C17H22ClN7O2. The van der Waals surface area contributed by atoms with Gasteiger partial charge in [0.1, 0.15) is 5.69 Å². The number of halogens is 1. The molecule has 0 bridgehead atoms. The molecule has 1 aromatic carbocycles. The molecule has 9 nitrogen and oxygen atoms in total. The minimum atomic E-state index is -0.138. The van der Waals surface area contributed by atoms with Gasteiger partial charge in [-0.15, -0.1) is 5.10 Å². The van der Waals surface area contributed by atoms with E-state index in [1.54, 1.807) is 35.0 Å². The Bertz CT molecular complexity index is 802. The van der Waals surface area contributed by atoms with Gasteiger partial charge in [0.25, 0.3) is 0 Å². The number of amides is 3. The highest BCUT2D eigenvalue weighted by Crippen LogP contribution is 2.20. The minimum absolute atomic E-state index is 0.122. The Morgan fingerprint density at radius 1 is 1.19 bits per heavy atom. The molecule has 1 saturated heterocycles. The molecule has 3 amide bonds. The van der Waals surface area contributed by atoms with Gasteiger partial charge in [0, 0.05) is 39.4 Å². The van der Waals surface area contributed by atoms with Crippen LogP contribution in [0.4, 0.5) is 10.5 Å². The number of urea groups is 1. The standard InChI is InChI=1S/C17H22ClN7O2/c1-23-11-13(21-22-23)10-19-17(27)25-8-6-24(7-9-25)12-16(26)20-15-5-3-2-4-14(15)18/h2-5,11H,6-10,12H2,1H3,(H,19,27)(H,20,26). The number of benzene rings is 1. The summed E-state index contributed by atoms with van der Waals surface area (Å²) >= 11 is 6.05. The van der Waals surface area contributed by atoms with E-state index in [9.17, 15) is 9.59 Å². The van der Waals surface area contributed by atoms with Crippen LogP contribution < -0.4 is 10.6 Å². The predicted octanol–water partition coefficient (Wildman–Crippen LogP) is 0.934. The van der Waals surface area contributed by atoms with Gasteiger partial charge >= 0.3 is 6.03 Å². The smallest absolute Gasteiger partial charge is 0.317 e. The fourth-order valence-corrected chi connectivity index (χ4v) is 3.00. The number of nitrogens with one attached hydrogen (secondary N) is 2. The lowest BCUT2D eigenvalue weighted by Crippen LogP contribution is -2.52. The molecule has 0 unspecified atom stereocenters. The lowest BCUT2D eigenvalue weighted by Gasteiger charge is -2.34. The molecule has 144 valence electrons. The first-order valence-corrected chi connectivity index (χ1v) is 9.04. The third kappa shape index (κ3) is 5.41. The highest BCUT2D eigenvalue weighted by atomic mass is 35.5. The maximum atomic E-state index is 12.2. The predicted molar refractivity (Wildman–Crippen MR) is 101 cm³/mol. The van der Waals surface area contributed by atoms with Crippen LogP contribution in [0.1, 0.15) is 5.69 Å². The first-order chi connectivity index (χ1) is 13.0. The van der Waals surface area contributed by atoms with E-state index in [4.69, 9.17) is 11.6 Å². The van der Waals surface area contributed by atoms with Gasteiger partial charge in [-0.2, -0.15) is 0 Å². The number of para-hydroxylation sites is 1. The van der Waals surface area contributed by atoms with Crippen LogP contribution in [0.3, 0.4) is 0 Å². The van der Waals surface area contributed by atoms with Gasteiger partial charge in [0.2, 0.25) is 5.91 Å². The monoisotopic (exact) mass is 391 g/mol.